The summed E-state index contributed by atoms with van der Waals surface area (Å²) in [5, 5.41) is 11.8. The Morgan fingerprint density at radius 2 is 2.00 bits per heavy atom. The molecule has 1 saturated carbocycles. The Kier molecular flexibility index (Phi) is 5.31. The molecule has 1 N–H and O–H groups in total. The Hall–Kier alpha value is -1.04. The first-order valence-electron chi connectivity index (χ1n) is 6.41. The zero-order chi connectivity index (χ0) is 12.0. The van der Waals surface area contributed by atoms with Gasteiger partial charge in [-0.1, -0.05) is 20.3 Å². The number of nitrogens with zero attached hydrogens (tertiary/aromatic N) is 1. The van der Waals surface area contributed by atoms with Gasteiger partial charge in [-0.3, -0.25) is 4.79 Å². The Bertz CT molecular complexity index is 262. The molecule has 0 bridgehead atoms. The highest BCUT2D eigenvalue weighted by atomic mass is 16.1. The predicted molar refractivity (Wildman–Crippen MR) is 63.6 cm³/mol. The van der Waals surface area contributed by atoms with E-state index in [4.69, 9.17) is 5.26 Å². The van der Waals surface area contributed by atoms with E-state index in [0.717, 1.165) is 18.8 Å². The van der Waals surface area contributed by atoms with Crippen molar-refractivity contribution in [3.05, 3.63) is 0 Å². The van der Waals surface area contributed by atoms with Crippen LogP contribution in [0.1, 0.15) is 52.4 Å². The molecule has 1 amide bonds. The van der Waals surface area contributed by atoms with Crippen LogP contribution in [0.25, 0.3) is 0 Å². The van der Waals surface area contributed by atoms with Crippen LogP contribution in [0.3, 0.4) is 0 Å². The smallest absolute Gasteiger partial charge is 0.237 e. The molecule has 0 spiro atoms. The Morgan fingerprint density at radius 1 is 1.38 bits per heavy atom. The van der Waals surface area contributed by atoms with E-state index in [1.165, 1.54) is 19.3 Å². The van der Waals surface area contributed by atoms with Gasteiger partial charge in [0.25, 0.3) is 0 Å². The van der Waals surface area contributed by atoms with Crippen molar-refractivity contribution in [2.75, 3.05) is 0 Å². The van der Waals surface area contributed by atoms with Gasteiger partial charge in [-0.2, -0.15) is 5.26 Å². The third-order valence-electron chi connectivity index (χ3n) is 3.65. The lowest BCUT2D eigenvalue weighted by Gasteiger charge is -2.28. The zero-order valence-electron chi connectivity index (χ0n) is 10.3. The lowest BCUT2D eigenvalue weighted by atomic mass is 9.84. The van der Waals surface area contributed by atoms with E-state index < -0.39 is 5.92 Å². The summed E-state index contributed by atoms with van der Waals surface area (Å²) in [4.78, 5) is 11.7. The molecule has 0 aromatic rings. The summed E-state index contributed by atoms with van der Waals surface area (Å²) in [6, 6.07) is 2.35. The van der Waals surface area contributed by atoms with Crippen LogP contribution in [0.5, 0.6) is 0 Å². The van der Waals surface area contributed by atoms with Crippen molar-refractivity contribution >= 4 is 5.91 Å². The number of hydrogen-bond donors (Lipinski definition) is 1. The summed E-state index contributed by atoms with van der Waals surface area (Å²) in [6.07, 6.45) is 6.43. The molecule has 1 rings (SSSR count). The number of nitriles is 1. The zero-order valence-corrected chi connectivity index (χ0v) is 10.3. The molecule has 0 aromatic heterocycles. The van der Waals surface area contributed by atoms with E-state index in [0.29, 0.717) is 12.5 Å². The van der Waals surface area contributed by atoms with E-state index >= 15 is 0 Å². The van der Waals surface area contributed by atoms with Crippen molar-refractivity contribution in [1.82, 2.24) is 5.32 Å². The van der Waals surface area contributed by atoms with E-state index in [2.05, 4.69) is 12.2 Å². The van der Waals surface area contributed by atoms with Gasteiger partial charge in [0.2, 0.25) is 5.91 Å². The molecular weight excluding hydrogens is 200 g/mol. The topological polar surface area (TPSA) is 52.9 Å². The van der Waals surface area contributed by atoms with Crippen LogP contribution in [-0.4, -0.2) is 11.9 Å². The maximum absolute atomic E-state index is 11.7. The number of nitrogens with one attached hydrogen (secondary N) is 1. The number of carbonyl (C=O) groups excluding carboxylic acids is 1. The van der Waals surface area contributed by atoms with Gasteiger partial charge in [0.1, 0.15) is 5.92 Å². The highest BCUT2D eigenvalue weighted by Gasteiger charge is 2.23. The summed E-state index contributed by atoms with van der Waals surface area (Å²) in [6.45, 7) is 4.10. The molecule has 1 aliphatic carbocycles. The quantitative estimate of drug-likeness (QED) is 0.795. The van der Waals surface area contributed by atoms with Gasteiger partial charge >= 0.3 is 0 Å². The average molecular weight is 222 g/mol. The minimum atomic E-state index is -0.469. The second-order valence-electron chi connectivity index (χ2n) is 4.72. The summed E-state index contributed by atoms with van der Waals surface area (Å²) < 4.78 is 0. The van der Waals surface area contributed by atoms with Crippen molar-refractivity contribution in [1.29, 1.82) is 5.26 Å². The molecule has 0 radical (unpaired) electrons. The van der Waals surface area contributed by atoms with Crippen molar-refractivity contribution in [3.8, 4) is 6.07 Å². The number of amides is 1. The number of rotatable bonds is 4. The fourth-order valence-corrected chi connectivity index (χ4v) is 2.35. The van der Waals surface area contributed by atoms with E-state index in [1.807, 2.05) is 13.0 Å². The van der Waals surface area contributed by atoms with Gasteiger partial charge in [-0.15, -0.1) is 0 Å². The standard InChI is InChI=1S/C13H22N2O/c1-3-10-5-7-12(8-6-10)15-13(16)11(4-2)9-14/h10-12H,3-8H2,1-2H3,(H,15,16). The van der Waals surface area contributed by atoms with Crippen molar-refractivity contribution in [3.63, 3.8) is 0 Å². The van der Waals surface area contributed by atoms with Gasteiger partial charge in [0.05, 0.1) is 6.07 Å². The van der Waals surface area contributed by atoms with Gasteiger partial charge in [-0.05, 0) is 38.0 Å². The first-order valence-corrected chi connectivity index (χ1v) is 6.41. The van der Waals surface area contributed by atoms with Gasteiger partial charge < -0.3 is 5.32 Å². The highest BCUT2D eigenvalue weighted by molar-refractivity contribution is 5.81. The Morgan fingerprint density at radius 3 is 2.44 bits per heavy atom. The van der Waals surface area contributed by atoms with Crippen LogP contribution in [0.15, 0.2) is 0 Å². The second kappa shape index (κ2) is 6.52. The summed E-state index contributed by atoms with van der Waals surface area (Å²) in [7, 11) is 0. The Balaban J connectivity index is 2.34. The fourth-order valence-electron chi connectivity index (χ4n) is 2.35. The van der Waals surface area contributed by atoms with Crippen LogP contribution in [0, 0.1) is 23.2 Å². The van der Waals surface area contributed by atoms with E-state index in [1.54, 1.807) is 0 Å². The molecule has 1 aliphatic rings. The van der Waals surface area contributed by atoms with E-state index in [9.17, 15) is 4.79 Å². The monoisotopic (exact) mass is 222 g/mol. The third kappa shape index (κ3) is 3.52. The van der Waals surface area contributed by atoms with Crippen molar-refractivity contribution in [2.45, 2.75) is 58.4 Å². The molecule has 1 atom stereocenters. The minimum absolute atomic E-state index is 0.0788. The minimum Gasteiger partial charge on any atom is -0.352 e. The average Bonchev–Trinajstić information content (AvgIpc) is 2.31. The molecule has 3 nitrogen and oxygen atoms in total. The lowest BCUT2D eigenvalue weighted by molar-refractivity contribution is -0.124. The van der Waals surface area contributed by atoms with E-state index in [-0.39, 0.29) is 5.91 Å². The maximum atomic E-state index is 11.7. The largest absolute Gasteiger partial charge is 0.352 e. The van der Waals surface area contributed by atoms with Gasteiger partial charge in [0.15, 0.2) is 0 Å². The Labute approximate surface area is 98.2 Å². The summed E-state index contributed by atoms with van der Waals surface area (Å²) in [5.41, 5.74) is 0. The van der Waals surface area contributed by atoms with Crippen molar-refractivity contribution in [2.24, 2.45) is 11.8 Å². The molecule has 0 heterocycles. The molecule has 90 valence electrons. The first kappa shape index (κ1) is 13.0. The van der Waals surface area contributed by atoms with Gasteiger partial charge in [-0.25, -0.2) is 0 Å². The number of hydrogen-bond acceptors (Lipinski definition) is 2. The SMILES string of the molecule is CCC1CCC(NC(=O)C(C#N)CC)CC1. The highest BCUT2D eigenvalue weighted by Crippen LogP contribution is 2.26. The fraction of sp³-hybridized carbons (Fsp3) is 0.846. The lowest BCUT2D eigenvalue weighted by Crippen LogP contribution is -2.40. The molecular formula is C13H22N2O. The molecule has 1 unspecified atom stereocenters. The van der Waals surface area contributed by atoms with Gasteiger partial charge in [0, 0.05) is 6.04 Å². The molecule has 0 aliphatic heterocycles. The van der Waals surface area contributed by atoms with Crippen molar-refractivity contribution < 1.29 is 4.79 Å². The second-order valence-corrected chi connectivity index (χ2v) is 4.72. The maximum Gasteiger partial charge on any atom is 0.237 e. The number of carbonyl (C=O) groups is 1. The summed E-state index contributed by atoms with van der Waals surface area (Å²) >= 11 is 0. The van der Waals surface area contributed by atoms with Crippen LogP contribution < -0.4 is 5.32 Å². The molecule has 0 aromatic carbocycles. The predicted octanol–water partition coefficient (Wildman–Crippen LogP) is 2.62. The van der Waals surface area contributed by atoms with Crippen LogP contribution in [0.2, 0.25) is 0 Å². The molecule has 16 heavy (non-hydrogen) atoms. The summed E-state index contributed by atoms with van der Waals surface area (Å²) in [5.74, 6) is 0.292. The van der Waals surface area contributed by atoms with Crippen LogP contribution in [-0.2, 0) is 4.79 Å². The van der Waals surface area contributed by atoms with Crippen LogP contribution in [0.4, 0.5) is 0 Å². The molecule has 1 fully saturated rings. The van der Waals surface area contributed by atoms with Crippen LogP contribution >= 0.6 is 0 Å². The third-order valence-corrected chi connectivity index (χ3v) is 3.65. The normalized spacial score (nSPS) is 26.8. The first-order chi connectivity index (χ1) is 7.71. The molecule has 3 heteroatoms. The molecule has 0 saturated heterocycles.